The summed E-state index contributed by atoms with van der Waals surface area (Å²) in [6.07, 6.45) is 5.77. The van der Waals surface area contributed by atoms with E-state index in [1.807, 2.05) is 22.3 Å². The second kappa shape index (κ2) is 6.07. The number of carbonyl (C=O) groups is 1. The molecule has 1 amide bonds. The molecule has 5 nitrogen and oxygen atoms in total. The molecular weight excluding hydrogens is 340 g/mol. The number of anilines is 1. The minimum Gasteiger partial charge on any atom is -0.319 e. The van der Waals surface area contributed by atoms with E-state index in [-0.39, 0.29) is 5.91 Å². The average molecular weight is 355 g/mol. The Kier molecular flexibility index (Phi) is 4.18. The summed E-state index contributed by atoms with van der Waals surface area (Å²) in [5.74, 6) is -0.100. The molecule has 0 bridgehead atoms. The lowest BCUT2D eigenvalue weighted by Gasteiger charge is -2.22. The fourth-order valence-corrected chi connectivity index (χ4v) is 3.44. The maximum absolute atomic E-state index is 12.0. The number of piperidine rings is 1. The monoisotopic (exact) mass is 354 g/mol. The zero-order chi connectivity index (χ0) is 13.9. The number of amides is 1. The summed E-state index contributed by atoms with van der Waals surface area (Å²) in [4.78, 5) is 12.0. The predicted molar refractivity (Wildman–Crippen MR) is 83.3 cm³/mol. The Labute approximate surface area is 129 Å². The smallest absolute Gasteiger partial charge is 0.256 e. The first kappa shape index (κ1) is 13.8. The van der Waals surface area contributed by atoms with Crippen molar-refractivity contribution in [2.45, 2.75) is 18.9 Å². The van der Waals surface area contributed by atoms with Crippen LogP contribution in [-0.4, -0.2) is 28.8 Å². The molecule has 0 aromatic carbocycles. The fraction of sp³-hybridized carbons (Fsp3) is 0.385. The van der Waals surface area contributed by atoms with Crippen LogP contribution in [-0.2, 0) is 0 Å². The second-order valence-electron chi connectivity index (χ2n) is 4.78. The van der Waals surface area contributed by atoms with Gasteiger partial charge in [0.25, 0.3) is 5.91 Å². The van der Waals surface area contributed by atoms with Crippen LogP contribution in [0.3, 0.4) is 0 Å². The summed E-state index contributed by atoms with van der Waals surface area (Å²) in [6.45, 7) is 2.05. The molecule has 106 valence electrons. The lowest BCUT2D eigenvalue weighted by Crippen LogP contribution is -2.29. The molecule has 1 aliphatic heterocycles. The summed E-state index contributed by atoms with van der Waals surface area (Å²) in [5, 5.41) is 12.4. The SMILES string of the molecule is O=C(Nc1cnn(C2CCNCC2)c1)c1csc(Br)c1. The van der Waals surface area contributed by atoms with Crippen molar-refractivity contribution in [3.63, 3.8) is 0 Å². The predicted octanol–water partition coefficient (Wildman–Crippen LogP) is 2.88. The minimum absolute atomic E-state index is 0.100. The van der Waals surface area contributed by atoms with Gasteiger partial charge in [0.2, 0.25) is 0 Å². The van der Waals surface area contributed by atoms with E-state index in [9.17, 15) is 4.79 Å². The van der Waals surface area contributed by atoms with Crippen LogP contribution in [0.25, 0.3) is 0 Å². The molecule has 0 atom stereocenters. The molecule has 0 spiro atoms. The van der Waals surface area contributed by atoms with E-state index in [4.69, 9.17) is 0 Å². The molecule has 2 N–H and O–H groups in total. The van der Waals surface area contributed by atoms with Crippen LogP contribution in [0.15, 0.2) is 27.6 Å². The molecular formula is C13H15BrN4OS. The molecule has 2 aromatic heterocycles. The molecule has 0 unspecified atom stereocenters. The molecule has 3 rings (SSSR count). The molecule has 1 aliphatic rings. The lowest BCUT2D eigenvalue weighted by molar-refractivity contribution is 0.102. The molecule has 0 saturated carbocycles. The first-order valence-corrected chi connectivity index (χ1v) is 8.20. The van der Waals surface area contributed by atoms with Crippen molar-refractivity contribution in [1.82, 2.24) is 15.1 Å². The fourth-order valence-electron chi connectivity index (χ4n) is 2.31. The highest BCUT2D eigenvalue weighted by Gasteiger charge is 2.16. The van der Waals surface area contributed by atoms with Gasteiger partial charge in [0.1, 0.15) is 0 Å². The van der Waals surface area contributed by atoms with Gasteiger partial charge in [-0.1, -0.05) is 0 Å². The van der Waals surface area contributed by atoms with Crippen molar-refractivity contribution < 1.29 is 4.79 Å². The van der Waals surface area contributed by atoms with Crippen molar-refractivity contribution in [2.75, 3.05) is 18.4 Å². The number of hydrogen-bond donors (Lipinski definition) is 2. The average Bonchev–Trinajstić information content (AvgIpc) is 3.09. The van der Waals surface area contributed by atoms with E-state index >= 15 is 0 Å². The Balaban J connectivity index is 1.66. The second-order valence-corrected chi connectivity index (χ2v) is 7.07. The first-order chi connectivity index (χ1) is 9.72. The lowest BCUT2D eigenvalue weighted by atomic mass is 10.1. The van der Waals surface area contributed by atoms with Crippen LogP contribution in [0.5, 0.6) is 0 Å². The standard InChI is InChI=1S/C13H15BrN4OS/c14-12-5-9(8-20-12)13(19)17-10-6-16-18(7-10)11-1-3-15-4-2-11/h5-8,11,15H,1-4H2,(H,17,19). The number of nitrogens with one attached hydrogen (secondary N) is 2. The van der Waals surface area contributed by atoms with Gasteiger partial charge in [-0.2, -0.15) is 5.10 Å². The van der Waals surface area contributed by atoms with Crippen molar-refractivity contribution >= 4 is 38.9 Å². The van der Waals surface area contributed by atoms with Gasteiger partial charge in [-0.05, 0) is 47.9 Å². The van der Waals surface area contributed by atoms with Crippen LogP contribution in [0.4, 0.5) is 5.69 Å². The maximum atomic E-state index is 12.0. The highest BCUT2D eigenvalue weighted by atomic mass is 79.9. The summed E-state index contributed by atoms with van der Waals surface area (Å²) in [7, 11) is 0. The zero-order valence-electron chi connectivity index (χ0n) is 10.8. The number of halogens is 1. The molecule has 7 heteroatoms. The van der Waals surface area contributed by atoms with Gasteiger partial charge in [-0.25, -0.2) is 0 Å². The van der Waals surface area contributed by atoms with Gasteiger partial charge in [-0.15, -0.1) is 11.3 Å². The third kappa shape index (κ3) is 3.11. The van der Waals surface area contributed by atoms with Crippen LogP contribution in [0.1, 0.15) is 29.2 Å². The maximum Gasteiger partial charge on any atom is 0.256 e. The summed E-state index contributed by atoms with van der Waals surface area (Å²) in [6, 6.07) is 2.24. The Morgan fingerprint density at radius 3 is 3.00 bits per heavy atom. The molecule has 0 radical (unpaired) electrons. The van der Waals surface area contributed by atoms with Gasteiger partial charge in [0.15, 0.2) is 0 Å². The third-order valence-electron chi connectivity index (χ3n) is 3.37. The molecule has 1 fully saturated rings. The number of nitrogens with zero attached hydrogens (tertiary/aromatic N) is 2. The molecule has 1 saturated heterocycles. The Morgan fingerprint density at radius 2 is 2.30 bits per heavy atom. The normalized spacial score (nSPS) is 16.2. The minimum atomic E-state index is -0.100. The Hall–Kier alpha value is -1.18. The number of hydrogen-bond acceptors (Lipinski definition) is 4. The van der Waals surface area contributed by atoms with E-state index < -0.39 is 0 Å². The van der Waals surface area contributed by atoms with Crippen molar-refractivity contribution in [3.8, 4) is 0 Å². The van der Waals surface area contributed by atoms with E-state index in [0.29, 0.717) is 11.6 Å². The van der Waals surface area contributed by atoms with E-state index in [2.05, 4.69) is 31.7 Å². The van der Waals surface area contributed by atoms with Gasteiger partial charge in [-0.3, -0.25) is 9.48 Å². The molecule has 20 heavy (non-hydrogen) atoms. The van der Waals surface area contributed by atoms with Gasteiger partial charge < -0.3 is 10.6 Å². The van der Waals surface area contributed by atoms with Crippen LogP contribution < -0.4 is 10.6 Å². The van der Waals surface area contributed by atoms with Gasteiger partial charge in [0, 0.05) is 11.6 Å². The number of aromatic nitrogens is 2. The number of carbonyl (C=O) groups excluding carboxylic acids is 1. The Bertz CT molecular complexity index is 603. The summed E-state index contributed by atoms with van der Waals surface area (Å²) < 4.78 is 2.91. The van der Waals surface area contributed by atoms with E-state index in [1.54, 1.807) is 6.20 Å². The molecule has 2 aromatic rings. The highest BCUT2D eigenvalue weighted by Crippen LogP contribution is 2.22. The van der Waals surface area contributed by atoms with Crippen LogP contribution in [0.2, 0.25) is 0 Å². The summed E-state index contributed by atoms with van der Waals surface area (Å²) in [5.41, 5.74) is 1.41. The number of rotatable bonds is 3. The molecule has 0 aliphatic carbocycles. The van der Waals surface area contributed by atoms with Crippen molar-refractivity contribution in [3.05, 3.63) is 33.2 Å². The topological polar surface area (TPSA) is 59.0 Å². The van der Waals surface area contributed by atoms with E-state index in [1.165, 1.54) is 11.3 Å². The van der Waals surface area contributed by atoms with Crippen molar-refractivity contribution in [1.29, 1.82) is 0 Å². The highest BCUT2D eigenvalue weighted by molar-refractivity contribution is 9.11. The quantitative estimate of drug-likeness (QED) is 0.890. The van der Waals surface area contributed by atoms with Crippen LogP contribution >= 0.6 is 27.3 Å². The van der Waals surface area contributed by atoms with Gasteiger partial charge >= 0.3 is 0 Å². The summed E-state index contributed by atoms with van der Waals surface area (Å²) >= 11 is 4.86. The van der Waals surface area contributed by atoms with Crippen molar-refractivity contribution in [2.24, 2.45) is 0 Å². The third-order valence-corrected chi connectivity index (χ3v) is 4.88. The van der Waals surface area contributed by atoms with Crippen LogP contribution in [0, 0.1) is 0 Å². The van der Waals surface area contributed by atoms with E-state index in [0.717, 1.165) is 35.4 Å². The van der Waals surface area contributed by atoms with Gasteiger partial charge in [0.05, 0.1) is 27.3 Å². The zero-order valence-corrected chi connectivity index (χ0v) is 13.2. The first-order valence-electron chi connectivity index (χ1n) is 6.52. The largest absolute Gasteiger partial charge is 0.319 e. The number of thiophene rings is 1. The molecule has 3 heterocycles. The Morgan fingerprint density at radius 1 is 1.50 bits per heavy atom.